The van der Waals surface area contributed by atoms with E-state index in [1.165, 1.54) is 5.01 Å². The molecule has 2 aliphatic rings. The van der Waals surface area contributed by atoms with Gasteiger partial charge in [-0.3, -0.25) is 19.6 Å². The molecule has 306 valence electrons. The van der Waals surface area contributed by atoms with Crippen LogP contribution >= 0.6 is 0 Å². The number of morpholine rings is 1. The van der Waals surface area contributed by atoms with Gasteiger partial charge in [0.2, 0.25) is 0 Å². The molecule has 2 aliphatic heterocycles. The highest BCUT2D eigenvalue weighted by Crippen LogP contribution is 2.41. The first kappa shape index (κ1) is 41.6. The van der Waals surface area contributed by atoms with Crippen molar-refractivity contribution in [1.29, 1.82) is 0 Å². The first-order chi connectivity index (χ1) is 27.4. The number of ether oxygens (including phenoxy) is 3. The van der Waals surface area contributed by atoms with Crippen molar-refractivity contribution in [3.63, 3.8) is 0 Å². The first-order valence-electron chi connectivity index (χ1n) is 19.8. The number of carbonyl (C=O) groups excluding carboxylic acids is 2. The molecule has 0 unspecified atom stereocenters. The predicted octanol–water partition coefficient (Wildman–Crippen LogP) is 5.46. The zero-order chi connectivity index (χ0) is 40.7. The monoisotopic (exact) mass is 784 g/mol. The molecule has 0 saturated carbocycles. The number of alkyl carbamates (subject to hydrolysis) is 1. The zero-order valence-corrected chi connectivity index (χ0v) is 33.6. The van der Waals surface area contributed by atoms with Gasteiger partial charge in [-0.2, -0.15) is 0 Å². The van der Waals surface area contributed by atoms with Crippen LogP contribution in [0.3, 0.4) is 0 Å². The number of rotatable bonds is 15. The average Bonchev–Trinajstić information content (AvgIpc) is 3.53. The highest BCUT2D eigenvalue weighted by molar-refractivity contribution is 5.94. The summed E-state index contributed by atoms with van der Waals surface area (Å²) in [6, 6.07) is 17.8. The molecule has 2 saturated heterocycles. The second-order valence-corrected chi connectivity index (χ2v) is 15.7. The molecule has 2 fully saturated rings. The van der Waals surface area contributed by atoms with Gasteiger partial charge < -0.3 is 39.2 Å². The smallest absolute Gasteiger partial charge is 0.408 e. The number of aryl methyl sites for hydroxylation is 1. The quantitative estimate of drug-likeness (QED) is 0.121. The Morgan fingerprint density at radius 1 is 1.11 bits per heavy atom. The summed E-state index contributed by atoms with van der Waals surface area (Å²) in [6.45, 7) is 10.8. The van der Waals surface area contributed by atoms with E-state index in [1.54, 1.807) is 13.3 Å². The summed E-state index contributed by atoms with van der Waals surface area (Å²) in [4.78, 5) is 45.9. The van der Waals surface area contributed by atoms with Crippen LogP contribution in [0.25, 0.3) is 22.2 Å². The van der Waals surface area contributed by atoms with Crippen LogP contribution < -0.4 is 15.6 Å². The summed E-state index contributed by atoms with van der Waals surface area (Å²) in [6.07, 6.45) is 2.00. The molecule has 4 N–H and O–H groups in total. The normalized spacial score (nSPS) is 18.6. The molecule has 57 heavy (non-hydrogen) atoms. The third-order valence-corrected chi connectivity index (χ3v) is 10.9. The molecule has 4 atom stereocenters. The summed E-state index contributed by atoms with van der Waals surface area (Å²) in [5.74, 6) is -1.50. The number of anilines is 1. The maximum absolute atomic E-state index is 14.0. The van der Waals surface area contributed by atoms with Crippen LogP contribution in [-0.4, -0.2) is 101 Å². The summed E-state index contributed by atoms with van der Waals surface area (Å²) in [7, 11) is 1.68. The number of benzene rings is 2. The number of hydrogen-bond acceptors (Lipinski definition) is 10. The van der Waals surface area contributed by atoms with E-state index < -0.39 is 41.6 Å². The molecule has 2 amide bonds. The lowest BCUT2D eigenvalue weighted by molar-refractivity contribution is -0.148. The van der Waals surface area contributed by atoms with Crippen molar-refractivity contribution in [3.05, 3.63) is 83.7 Å². The fraction of sp³-hybridized carbons (Fsp3) is 0.488. The molecule has 14 heteroatoms. The fourth-order valence-electron chi connectivity index (χ4n) is 7.81. The second kappa shape index (κ2) is 18.5. The fourth-order valence-corrected chi connectivity index (χ4v) is 7.81. The molecule has 2 aromatic heterocycles. The zero-order valence-electron chi connectivity index (χ0n) is 33.6. The number of amides is 2. The van der Waals surface area contributed by atoms with Gasteiger partial charge in [-0.1, -0.05) is 44.2 Å². The number of carbonyl (C=O) groups is 3. The van der Waals surface area contributed by atoms with E-state index >= 15 is 0 Å². The Morgan fingerprint density at radius 2 is 1.89 bits per heavy atom. The third kappa shape index (κ3) is 9.75. The highest BCUT2D eigenvalue weighted by Gasteiger charge is 2.36. The van der Waals surface area contributed by atoms with Crippen LogP contribution in [0.4, 0.5) is 10.5 Å². The predicted molar refractivity (Wildman–Crippen MR) is 216 cm³/mol. The van der Waals surface area contributed by atoms with E-state index in [4.69, 9.17) is 19.2 Å². The van der Waals surface area contributed by atoms with Crippen molar-refractivity contribution < 1.29 is 38.8 Å². The van der Waals surface area contributed by atoms with Crippen molar-refractivity contribution in [2.45, 2.75) is 90.8 Å². The number of pyridine rings is 1. The van der Waals surface area contributed by atoms with E-state index in [2.05, 4.69) is 65.2 Å². The van der Waals surface area contributed by atoms with E-state index in [0.29, 0.717) is 45.5 Å². The van der Waals surface area contributed by atoms with Crippen molar-refractivity contribution >= 4 is 34.6 Å². The number of nitrogens with zero attached hydrogens (tertiary/aromatic N) is 4. The lowest BCUT2D eigenvalue weighted by Gasteiger charge is -2.38. The van der Waals surface area contributed by atoms with E-state index in [-0.39, 0.29) is 25.7 Å². The van der Waals surface area contributed by atoms with Gasteiger partial charge in [-0.25, -0.2) is 10.2 Å². The Hall–Kier alpha value is -5.02. The first-order valence-corrected chi connectivity index (χ1v) is 19.8. The Morgan fingerprint density at radius 3 is 2.61 bits per heavy atom. The number of fused-ring (bicyclic) bond motifs is 1. The second-order valence-electron chi connectivity index (χ2n) is 15.7. The molecule has 6 rings (SSSR count). The minimum absolute atomic E-state index is 0.0159. The number of carboxylic acid groups (broad SMARTS) is 1. The van der Waals surface area contributed by atoms with Crippen LogP contribution in [0.1, 0.15) is 69.9 Å². The standard InChI is InChI=1S/C43H56N6O8/c1-6-48-37-17-16-30(22-33(37)34(24-43(3,4)27-50)39(48)32-14-10-18-44-38(32)28(2)55-5)47-20-21-56-31(25-47)23-36(40(51)49-19-11-15-35(46-49)41(52)53)45-42(54)57-26-29-12-8-7-9-13-29/h7-10,12-14,16-18,22,28,31,35-36,46,50H,6,11,15,19-21,23-27H2,1-5H3,(H,45,54)(H,52,53)/t28-,31-,35-,36-/m0/s1. The van der Waals surface area contributed by atoms with E-state index in [0.717, 1.165) is 51.2 Å². The third-order valence-electron chi connectivity index (χ3n) is 10.9. The largest absolute Gasteiger partial charge is 0.480 e. The molecule has 0 spiro atoms. The number of methoxy groups -OCH3 is 1. The van der Waals surface area contributed by atoms with Crippen LogP contribution in [0.2, 0.25) is 0 Å². The van der Waals surface area contributed by atoms with E-state index in [9.17, 15) is 24.6 Å². The molecule has 4 heterocycles. The van der Waals surface area contributed by atoms with Crippen molar-refractivity contribution in [2.75, 3.05) is 44.9 Å². The number of aliphatic hydroxyl groups excluding tert-OH is 1. The van der Waals surface area contributed by atoms with Gasteiger partial charge in [-0.05, 0) is 80.0 Å². The van der Waals surface area contributed by atoms with Gasteiger partial charge in [0.1, 0.15) is 18.7 Å². The maximum Gasteiger partial charge on any atom is 0.408 e. The molecule has 4 aromatic rings. The molecule has 14 nitrogen and oxygen atoms in total. The number of aromatic nitrogens is 2. The summed E-state index contributed by atoms with van der Waals surface area (Å²) < 4.78 is 19.8. The van der Waals surface area contributed by atoms with Crippen molar-refractivity contribution in [1.82, 2.24) is 25.3 Å². The number of aliphatic carboxylic acids is 1. The maximum atomic E-state index is 14.0. The van der Waals surface area contributed by atoms with Crippen LogP contribution in [0.5, 0.6) is 0 Å². The van der Waals surface area contributed by atoms with Crippen LogP contribution in [0.15, 0.2) is 66.9 Å². The molecule has 0 aliphatic carbocycles. The number of carboxylic acids is 1. The molecular weight excluding hydrogens is 729 g/mol. The molecular formula is C43H56N6O8. The average molecular weight is 785 g/mol. The Bertz CT molecular complexity index is 2020. The Labute approximate surface area is 334 Å². The van der Waals surface area contributed by atoms with E-state index in [1.807, 2.05) is 43.3 Å². The SMILES string of the molecule is CCn1c(-c2cccnc2[C@H](C)OC)c(CC(C)(C)CO)c2cc(N3CCO[C@@H](C[C@H](NC(=O)OCc4ccccc4)C(=O)N4CCC[C@@H](C(=O)O)N4)C3)ccc21. The van der Waals surface area contributed by atoms with Gasteiger partial charge in [0.25, 0.3) is 5.91 Å². The van der Waals surface area contributed by atoms with Crippen molar-refractivity contribution in [2.24, 2.45) is 5.41 Å². The number of hydrogen-bond donors (Lipinski definition) is 4. The Balaban J connectivity index is 1.29. The van der Waals surface area contributed by atoms with Gasteiger partial charge >= 0.3 is 12.1 Å². The van der Waals surface area contributed by atoms with Gasteiger partial charge in [0.15, 0.2) is 0 Å². The number of hydrazine groups is 1. The van der Waals surface area contributed by atoms with Gasteiger partial charge in [0, 0.05) is 74.7 Å². The highest BCUT2D eigenvalue weighted by atomic mass is 16.5. The molecule has 2 aromatic carbocycles. The minimum Gasteiger partial charge on any atom is -0.480 e. The summed E-state index contributed by atoms with van der Waals surface area (Å²) >= 11 is 0. The topological polar surface area (TPSA) is 168 Å². The molecule has 0 radical (unpaired) electrons. The number of aliphatic hydroxyl groups is 1. The van der Waals surface area contributed by atoms with Gasteiger partial charge in [0.05, 0.1) is 30.2 Å². The number of nitrogens with one attached hydrogen (secondary N) is 2. The summed E-state index contributed by atoms with van der Waals surface area (Å²) in [5, 5.41) is 25.2. The van der Waals surface area contributed by atoms with Crippen LogP contribution in [-0.2, 0) is 43.4 Å². The lowest BCUT2D eigenvalue weighted by Crippen LogP contribution is -2.60. The Kier molecular flexibility index (Phi) is 13.5. The summed E-state index contributed by atoms with van der Waals surface area (Å²) in [5.41, 5.74) is 9.29. The lowest BCUT2D eigenvalue weighted by atomic mass is 9.84. The van der Waals surface area contributed by atoms with Gasteiger partial charge in [-0.15, -0.1) is 0 Å². The van der Waals surface area contributed by atoms with Crippen LogP contribution in [0, 0.1) is 5.41 Å². The molecule has 0 bridgehead atoms. The minimum atomic E-state index is -1.04. The van der Waals surface area contributed by atoms with Crippen molar-refractivity contribution in [3.8, 4) is 11.3 Å².